The number of carboxylic acid groups (broad SMARTS) is 1. The highest BCUT2D eigenvalue weighted by Gasteiger charge is 2.13. The van der Waals surface area contributed by atoms with Gasteiger partial charge in [0, 0.05) is 17.6 Å². The number of aromatic hydroxyl groups is 1. The predicted octanol–water partition coefficient (Wildman–Crippen LogP) is 3.75. The van der Waals surface area contributed by atoms with Crippen molar-refractivity contribution in [1.82, 2.24) is 4.98 Å². The second-order valence-electron chi connectivity index (χ2n) is 5.84. The zero-order chi connectivity index (χ0) is 17.6. The number of phenols is 1. The Labute approximate surface area is 141 Å². The SMILES string of the molecule is O=C(O)c1cc2cc(=O)[nH]cc2c2cc(-c3ccc(O)cc3)ccc12. The number of pyridine rings is 1. The van der Waals surface area contributed by atoms with Crippen molar-refractivity contribution in [3.8, 4) is 16.9 Å². The Morgan fingerprint density at radius 3 is 2.28 bits per heavy atom. The summed E-state index contributed by atoms with van der Waals surface area (Å²) in [7, 11) is 0. The van der Waals surface area contributed by atoms with Crippen molar-refractivity contribution in [2.45, 2.75) is 0 Å². The van der Waals surface area contributed by atoms with Gasteiger partial charge in [-0.05, 0) is 51.6 Å². The molecule has 0 aliphatic heterocycles. The van der Waals surface area contributed by atoms with Crippen LogP contribution in [-0.2, 0) is 0 Å². The summed E-state index contributed by atoms with van der Waals surface area (Å²) in [5, 5.41) is 21.7. The van der Waals surface area contributed by atoms with Crippen LogP contribution < -0.4 is 5.56 Å². The summed E-state index contributed by atoms with van der Waals surface area (Å²) in [6.07, 6.45) is 1.60. The maximum Gasteiger partial charge on any atom is 0.336 e. The number of nitrogens with one attached hydrogen (secondary N) is 1. The molecule has 0 unspecified atom stereocenters. The molecule has 5 nitrogen and oxygen atoms in total. The van der Waals surface area contributed by atoms with Crippen LogP contribution in [0.4, 0.5) is 0 Å². The number of rotatable bonds is 2. The van der Waals surface area contributed by atoms with Crippen molar-refractivity contribution in [1.29, 1.82) is 0 Å². The molecule has 1 aromatic heterocycles. The van der Waals surface area contributed by atoms with Crippen molar-refractivity contribution in [3.05, 3.63) is 76.7 Å². The van der Waals surface area contributed by atoms with Gasteiger partial charge in [0.2, 0.25) is 5.56 Å². The summed E-state index contributed by atoms with van der Waals surface area (Å²) in [6.45, 7) is 0. The molecule has 0 saturated heterocycles. The van der Waals surface area contributed by atoms with Gasteiger partial charge >= 0.3 is 5.97 Å². The summed E-state index contributed by atoms with van der Waals surface area (Å²) in [4.78, 5) is 25.9. The van der Waals surface area contributed by atoms with Crippen LogP contribution in [0, 0.1) is 0 Å². The molecule has 1 heterocycles. The second-order valence-corrected chi connectivity index (χ2v) is 5.84. The average molecular weight is 331 g/mol. The second kappa shape index (κ2) is 5.49. The molecule has 4 rings (SSSR count). The first-order valence-electron chi connectivity index (χ1n) is 7.65. The van der Waals surface area contributed by atoms with Gasteiger partial charge < -0.3 is 15.2 Å². The highest BCUT2D eigenvalue weighted by Crippen LogP contribution is 2.32. The van der Waals surface area contributed by atoms with Gasteiger partial charge in [0.1, 0.15) is 5.75 Å². The molecule has 0 atom stereocenters. The predicted molar refractivity (Wildman–Crippen MR) is 96.1 cm³/mol. The van der Waals surface area contributed by atoms with E-state index >= 15 is 0 Å². The van der Waals surface area contributed by atoms with Crippen LogP contribution in [0.1, 0.15) is 10.4 Å². The number of phenolic OH excluding ortho intramolecular Hbond substituents is 1. The molecule has 25 heavy (non-hydrogen) atoms. The molecule has 0 saturated carbocycles. The highest BCUT2D eigenvalue weighted by atomic mass is 16.4. The lowest BCUT2D eigenvalue weighted by molar-refractivity contribution is 0.0699. The molecule has 3 N–H and O–H groups in total. The molecular weight excluding hydrogens is 318 g/mol. The number of carboxylic acids is 1. The number of aromatic nitrogens is 1. The number of aromatic amines is 1. The van der Waals surface area contributed by atoms with Crippen molar-refractivity contribution < 1.29 is 15.0 Å². The summed E-state index contributed by atoms with van der Waals surface area (Å²) in [5.41, 5.74) is 1.67. The topological polar surface area (TPSA) is 90.4 Å². The number of fused-ring (bicyclic) bond motifs is 3. The largest absolute Gasteiger partial charge is 0.508 e. The molecule has 0 fully saturated rings. The lowest BCUT2D eigenvalue weighted by Crippen LogP contribution is -2.04. The van der Waals surface area contributed by atoms with E-state index in [4.69, 9.17) is 0 Å². The Balaban J connectivity index is 2.08. The smallest absolute Gasteiger partial charge is 0.336 e. The van der Waals surface area contributed by atoms with E-state index < -0.39 is 5.97 Å². The van der Waals surface area contributed by atoms with E-state index in [1.165, 1.54) is 12.1 Å². The Morgan fingerprint density at radius 2 is 1.56 bits per heavy atom. The summed E-state index contributed by atoms with van der Waals surface area (Å²) < 4.78 is 0. The monoisotopic (exact) mass is 331 g/mol. The van der Waals surface area contributed by atoms with Gasteiger partial charge in [-0.15, -0.1) is 0 Å². The third-order valence-electron chi connectivity index (χ3n) is 4.29. The number of benzene rings is 3. The molecule has 0 bridgehead atoms. The summed E-state index contributed by atoms with van der Waals surface area (Å²) in [5.74, 6) is -0.856. The normalized spacial score (nSPS) is 11.0. The third kappa shape index (κ3) is 2.52. The molecule has 4 aromatic rings. The van der Waals surface area contributed by atoms with Gasteiger partial charge in [0.15, 0.2) is 0 Å². The van der Waals surface area contributed by atoms with E-state index in [9.17, 15) is 19.8 Å². The molecule has 0 amide bonds. The first-order chi connectivity index (χ1) is 12.0. The number of aromatic carboxylic acids is 1. The fourth-order valence-corrected chi connectivity index (χ4v) is 3.09. The van der Waals surface area contributed by atoms with Crippen LogP contribution in [0.25, 0.3) is 32.7 Å². The Kier molecular flexibility index (Phi) is 3.28. The fraction of sp³-hybridized carbons (Fsp3) is 0. The molecule has 122 valence electrons. The van der Waals surface area contributed by atoms with E-state index in [-0.39, 0.29) is 16.9 Å². The first kappa shape index (κ1) is 15.0. The molecular formula is C20H13NO4. The molecule has 5 heteroatoms. The third-order valence-corrected chi connectivity index (χ3v) is 4.29. The van der Waals surface area contributed by atoms with Crippen molar-refractivity contribution >= 4 is 27.5 Å². The van der Waals surface area contributed by atoms with Crippen molar-refractivity contribution in [2.24, 2.45) is 0 Å². The fourth-order valence-electron chi connectivity index (χ4n) is 3.09. The van der Waals surface area contributed by atoms with Gasteiger partial charge in [-0.25, -0.2) is 4.79 Å². The molecule has 3 aromatic carbocycles. The van der Waals surface area contributed by atoms with Gasteiger partial charge in [0.05, 0.1) is 5.56 Å². The standard InChI is InChI=1S/C20H13NO4/c22-14-4-1-11(2-5-14)12-3-6-15-16(7-12)18-10-21-19(23)9-13(18)8-17(15)20(24)25/h1-10,22H,(H,21,23)(H,24,25). The summed E-state index contributed by atoms with van der Waals surface area (Å²) in [6, 6.07) is 15.2. The first-order valence-corrected chi connectivity index (χ1v) is 7.65. The highest BCUT2D eigenvalue weighted by molar-refractivity contribution is 6.16. The van der Waals surface area contributed by atoms with E-state index in [0.29, 0.717) is 10.8 Å². The van der Waals surface area contributed by atoms with Gasteiger partial charge in [-0.2, -0.15) is 0 Å². The van der Waals surface area contributed by atoms with Gasteiger partial charge in [0.25, 0.3) is 0 Å². The average Bonchev–Trinajstić information content (AvgIpc) is 2.60. The lowest BCUT2D eigenvalue weighted by atomic mass is 9.94. The minimum atomic E-state index is -1.04. The number of H-pyrrole nitrogens is 1. The molecule has 0 spiro atoms. The quantitative estimate of drug-likeness (QED) is 0.488. The van der Waals surface area contributed by atoms with Crippen molar-refractivity contribution in [2.75, 3.05) is 0 Å². The van der Waals surface area contributed by atoms with Crippen LogP contribution in [0.3, 0.4) is 0 Å². The van der Waals surface area contributed by atoms with E-state index in [1.807, 2.05) is 12.1 Å². The van der Waals surface area contributed by atoms with Crippen molar-refractivity contribution in [3.63, 3.8) is 0 Å². The minimum Gasteiger partial charge on any atom is -0.508 e. The van der Waals surface area contributed by atoms with E-state index in [1.54, 1.807) is 36.5 Å². The van der Waals surface area contributed by atoms with Crippen LogP contribution >= 0.6 is 0 Å². The van der Waals surface area contributed by atoms with Crippen LogP contribution in [0.15, 0.2) is 65.6 Å². The zero-order valence-electron chi connectivity index (χ0n) is 13.0. The zero-order valence-corrected chi connectivity index (χ0v) is 13.0. The molecule has 0 aliphatic rings. The number of carbonyl (C=O) groups is 1. The molecule has 0 radical (unpaired) electrons. The minimum absolute atomic E-state index is 0.158. The Bertz CT molecular complexity index is 1190. The molecule has 0 aliphatic carbocycles. The van der Waals surface area contributed by atoms with Crippen LogP contribution in [0.2, 0.25) is 0 Å². The Morgan fingerprint density at radius 1 is 0.840 bits per heavy atom. The van der Waals surface area contributed by atoms with E-state index in [2.05, 4.69) is 4.98 Å². The maximum absolute atomic E-state index is 11.6. The number of hydrogen-bond acceptors (Lipinski definition) is 3. The lowest BCUT2D eigenvalue weighted by Gasteiger charge is -2.10. The maximum atomic E-state index is 11.6. The van der Waals surface area contributed by atoms with E-state index in [0.717, 1.165) is 21.9 Å². The van der Waals surface area contributed by atoms with Gasteiger partial charge in [-0.3, -0.25) is 4.79 Å². The number of hydrogen-bond donors (Lipinski definition) is 3. The Hall–Kier alpha value is -3.60. The van der Waals surface area contributed by atoms with Crippen LogP contribution in [-0.4, -0.2) is 21.2 Å². The van der Waals surface area contributed by atoms with Crippen LogP contribution in [0.5, 0.6) is 5.75 Å². The summed E-state index contributed by atoms with van der Waals surface area (Å²) >= 11 is 0. The van der Waals surface area contributed by atoms with Gasteiger partial charge in [-0.1, -0.05) is 24.3 Å².